The molecule has 3 atom stereocenters. The van der Waals surface area contributed by atoms with Gasteiger partial charge < -0.3 is 18.9 Å². The first-order valence-electron chi connectivity index (χ1n) is 8.05. The molecule has 1 aromatic rings. The number of esters is 2. The van der Waals surface area contributed by atoms with Crippen LogP contribution in [0.2, 0.25) is 0 Å². The van der Waals surface area contributed by atoms with Crippen molar-refractivity contribution in [3.05, 3.63) is 48.0 Å². The molecule has 1 aromatic carbocycles. The zero-order valence-corrected chi connectivity index (χ0v) is 14.5. The average Bonchev–Trinajstić information content (AvgIpc) is 2.60. The van der Waals surface area contributed by atoms with Gasteiger partial charge in [-0.25, -0.2) is 4.79 Å². The van der Waals surface area contributed by atoms with Crippen LogP contribution in [0, 0.1) is 0 Å². The predicted octanol–water partition coefficient (Wildman–Crippen LogP) is 1.69. The lowest BCUT2D eigenvalue weighted by molar-refractivity contribution is -0.164. The van der Waals surface area contributed by atoms with E-state index in [1.54, 1.807) is 6.08 Å². The third kappa shape index (κ3) is 6.56. The van der Waals surface area contributed by atoms with E-state index in [2.05, 4.69) is 5.32 Å². The van der Waals surface area contributed by atoms with Crippen LogP contribution in [-0.4, -0.2) is 43.1 Å². The fraction of sp³-hybridized carbons (Fsp3) is 0.389. The third-order valence-electron chi connectivity index (χ3n) is 3.39. The van der Waals surface area contributed by atoms with E-state index in [-0.39, 0.29) is 13.2 Å². The van der Waals surface area contributed by atoms with Crippen molar-refractivity contribution in [2.75, 3.05) is 6.61 Å². The van der Waals surface area contributed by atoms with Crippen molar-refractivity contribution < 1.29 is 33.3 Å². The fourth-order valence-electron chi connectivity index (χ4n) is 2.25. The Morgan fingerprint density at radius 3 is 2.42 bits per heavy atom. The number of amides is 1. The van der Waals surface area contributed by atoms with Crippen LogP contribution < -0.4 is 5.32 Å². The quantitative estimate of drug-likeness (QED) is 0.466. The zero-order valence-electron chi connectivity index (χ0n) is 14.5. The first-order chi connectivity index (χ1) is 12.4. The average molecular weight is 363 g/mol. The van der Waals surface area contributed by atoms with Crippen molar-refractivity contribution in [1.29, 1.82) is 0 Å². The van der Waals surface area contributed by atoms with Gasteiger partial charge in [0.1, 0.15) is 25.4 Å². The maximum atomic E-state index is 11.9. The van der Waals surface area contributed by atoms with Crippen LogP contribution in [0.3, 0.4) is 0 Å². The summed E-state index contributed by atoms with van der Waals surface area (Å²) in [6.45, 7) is 2.53. The molecule has 0 unspecified atom stereocenters. The lowest BCUT2D eigenvalue weighted by Gasteiger charge is -2.31. The van der Waals surface area contributed by atoms with Crippen LogP contribution >= 0.6 is 0 Å². The van der Waals surface area contributed by atoms with Gasteiger partial charge in [-0.15, -0.1) is 0 Å². The summed E-state index contributed by atoms with van der Waals surface area (Å²) >= 11 is 0. The third-order valence-corrected chi connectivity index (χ3v) is 3.39. The molecule has 0 spiro atoms. The lowest BCUT2D eigenvalue weighted by Crippen LogP contribution is -2.47. The van der Waals surface area contributed by atoms with Gasteiger partial charge >= 0.3 is 18.0 Å². The normalized spacial score (nSPS) is 21.5. The molecule has 0 bridgehead atoms. The summed E-state index contributed by atoms with van der Waals surface area (Å²) in [6, 6.07) is 9.23. The smallest absolute Gasteiger partial charge is 0.409 e. The maximum absolute atomic E-state index is 11.9. The van der Waals surface area contributed by atoms with E-state index in [9.17, 15) is 14.4 Å². The van der Waals surface area contributed by atoms with Crippen molar-refractivity contribution in [3.8, 4) is 0 Å². The summed E-state index contributed by atoms with van der Waals surface area (Å²) in [5.74, 6) is -0.985. The van der Waals surface area contributed by atoms with Crippen LogP contribution in [0.1, 0.15) is 19.4 Å². The van der Waals surface area contributed by atoms with Crippen LogP contribution in [0.25, 0.3) is 0 Å². The van der Waals surface area contributed by atoms with Gasteiger partial charge in [0.05, 0.1) is 0 Å². The first kappa shape index (κ1) is 19.5. The molecule has 1 aliphatic rings. The molecular formula is C18H21NO7. The second-order valence-electron chi connectivity index (χ2n) is 5.56. The molecular weight excluding hydrogens is 342 g/mol. The summed E-state index contributed by atoms with van der Waals surface area (Å²) in [5, 5.41) is 2.53. The van der Waals surface area contributed by atoms with Gasteiger partial charge in [-0.2, -0.15) is 0 Å². The molecule has 1 N–H and O–H groups in total. The number of rotatable bonds is 6. The summed E-state index contributed by atoms with van der Waals surface area (Å²) in [4.78, 5) is 34.1. The summed E-state index contributed by atoms with van der Waals surface area (Å²) in [6.07, 6.45) is 0.173. The highest BCUT2D eigenvalue weighted by molar-refractivity contribution is 5.68. The molecule has 0 radical (unpaired) electrons. The molecule has 0 saturated heterocycles. The minimum absolute atomic E-state index is 0.116. The second-order valence-corrected chi connectivity index (χ2v) is 5.56. The maximum Gasteiger partial charge on any atom is 0.409 e. The Bertz CT molecular complexity index is 659. The number of benzene rings is 1. The molecule has 8 heteroatoms. The van der Waals surface area contributed by atoms with E-state index in [0.717, 1.165) is 5.56 Å². The van der Waals surface area contributed by atoms with Crippen LogP contribution in [0.4, 0.5) is 4.79 Å². The van der Waals surface area contributed by atoms with E-state index >= 15 is 0 Å². The van der Waals surface area contributed by atoms with Gasteiger partial charge in [0.15, 0.2) is 6.23 Å². The van der Waals surface area contributed by atoms with Gasteiger partial charge in [0, 0.05) is 13.8 Å². The number of ether oxygens (including phenoxy) is 4. The van der Waals surface area contributed by atoms with E-state index in [0.29, 0.717) is 0 Å². The number of nitrogens with one attached hydrogen (secondary N) is 1. The molecule has 0 aromatic heterocycles. The highest BCUT2D eigenvalue weighted by atomic mass is 16.6. The number of carbonyl (C=O) groups is 3. The molecule has 2 rings (SSSR count). The molecule has 0 fully saturated rings. The number of hydrogen-bond donors (Lipinski definition) is 1. The van der Waals surface area contributed by atoms with Crippen LogP contribution in [-0.2, 0) is 35.1 Å². The predicted molar refractivity (Wildman–Crippen MR) is 89.8 cm³/mol. The van der Waals surface area contributed by atoms with Crippen molar-refractivity contribution in [3.63, 3.8) is 0 Å². The number of carbonyl (C=O) groups excluding carboxylic acids is 3. The van der Waals surface area contributed by atoms with Gasteiger partial charge in [-0.3, -0.25) is 14.9 Å². The Balaban J connectivity index is 1.88. The van der Waals surface area contributed by atoms with E-state index < -0.39 is 36.5 Å². The van der Waals surface area contributed by atoms with E-state index in [4.69, 9.17) is 18.9 Å². The fourth-order valence-corrected chi connectivity index (χ4v) is 2.25. The SMILES string of the molecule is CC(=O)OC[C@H]1O[C@H](NC(=O)OCc2ccccc2)C=C[C@@H]1OC(C)=O. The molecule has 1 heterocycles. The highest BCUT2D eigenvalue weighted by Gasteiger charge is 2.31. The van der Waals surface area contributed by atoms with E-state index in [1.165, 1.54) is 19.9 Å². The van der Waals surface area contributed by atoms with Gasteiger partial charge in [0.25, 0.3) is 0 Å². The Morgan fingerprint density at radius 2 is 1.77 bits per heavy atom. The lowest BCUT2D eigenvalue weighted by atomic mass is 10.1. The van der Waals surface area contributed by atoms with Crippen molar-refractivity contribution in [2.45, 2.75) is 38.9 Å². The first-order valence-corrected chi connectivity index (χ1v) is 8.05. The molecule has 1 amide bonds. The van der Waals surface area contributed by atoms with Gasteiger partial charge in [-0.05, 0) is 17.7 Å². The standard InChI is InChI=1S/C18H21NO7/c1-12(20)23-11-16-15(25-13(2)21)8-9-17(26-16)19-18(22)24-10-14-6-4-3-5-7-14/h3-9,15-17H,10-11H2,1-2H3,(H,19,22)/t15-,16+,17-/m0/s1. The molecule has 1 aliphatic heterocycles. The van der Waals surface area contributed by atoms with Gasteiger partial charge in [-0.1, -0.05) is 30.3 Å². The minimum Gasteiger partial charge on any atom is -0.463 e. The summed E-state index contributed by atoms with van der Waals surface area (Å²) < 4.78 is 20.8. The molecule has 140 valence electrons. The Labute approximate surface area is 151 Å². The van der Waals surface area contributed by atoms with E-state index in [1.807, 2.05) is 30.3 Å². The summed E-state index contributed by atoms with van der Waals surface area (Å²) in [5.41, 5.74) is 0.852. The Morgan fingerprint density at radius 1 is 1.04 bits per heavy atom. The molecule has 26 heavy (non-hydrogen) atoms. The minimum atomic E-state index is -0.800. The van der Waals surface area contributed by atoms with Gasteiger partial charge in [0.2, 0.25) is 0 Å². The van der Waals surface area contributed by atoms with Crippen LogP contribution in [0.5, 0.6) is 0 Å². The van der Waals surface area contributed by atoms with Crippen molar-refractivity contribution in [2.24, 2.45) is 0 Å². The van der Waals surface area contributed by atoms with Crippen molar-refractivity contribution >= 4 is 18.0 Å². The number of hydrogen-bond acceptors (Lipinski definition) is 7. The molecule has 0 saturated carbocycles. The van der Waals surface area contributed by atoms with Crippen LogP contribution in [0.15, 0.2) is 42.5 Å². The molecule has 0 aliphatic carbocycles. The molecule has 8 nitrogen and oxygen atoms in total. The number of alkyl carbamates (subject to hydrolysis) is 1. The Kier molecular flexibility index (Phi) is 7.16. The summed E-state index contributed by atoms with van der Waals surface area (Å²) in [7, 11) is 0. The largest absolute Gasteiger partial charge is 0.463 e. The highest BCUT2D eigenvalue weighted by Crippen LogP contribution is 2.16. The zero-order chi connectivity index (χ0) is 18.9. The topological polar surface area (TPSA) is 100 Å². The second kappa shape index (κ2) is 9.57. The van der Waals surface area contributed by atoms with Crippen molar-refractivity contribution in [1.82, 2.24) is 5.32 Å². The monoisotopic (exact) mass is 363 g/mol. The Hall–Kier alpha value is -2.87.